The van der Waals surface area contributed by atoms with Crippen LogP contribution in [0.4, 0.5) is 0 Å². The summed E-state index contributed by atoms with van der Waals surface area (Å²) in [6.45, 7) is 8.13. The molecule has 170 valence electrons. The lowest BCUT2D eigenvalue weighted by Crippen LogP contribution is -2.25. The minimum atomic E-state index is -0.235. The third-order valence-electron chi connectivity index (χ3n) is 6.25. The number of benzene rings is 1. The van der Waals surface area contributed by atoms with Gasteiger partial charge in [0.1, 0.15) is 5.02 Å². The summed E-state index contributed by atoms with van der Waals surface area (Å²) in [6, 6.07) is 5.90. The fourth-order valence-electron chi connectivity index (χ4n) is 4.58. The van der Waals surface area contributed by atoms with Crippen molar-refractivity contribution in [2.75, 3.05) is 0 Å². The predicted octanol–water partition coefficient (Wildman–Crippen LogP) is 4.32. The average Bonchev–Trinajstić information content (AvgIpc) is 3.50. The predicted molar refractivity (Wildman–Crippen MR) is 122 cm³/mol. The van der Waals surface area contributed by atoms with E-state index in [2.05, 4.69) is 50.6 Å². The number of hydrogen-bond donors (Lipinski definition) is 0. The van der Waals surface area contributed by atoms with Crippen molar-refractivity contribution in [3.05, 3.63) is 51.9 Å². The first kappa shape index (κ1) is 21.5. The molecular weight excluding hydrogens is 442 g/mol. The van der Waals surface area contributed by atoms with Crippen LogP contribution in [0.1, 0.15) is 49.7 Å². The Hall–Kier alpha value is -3.33. The van der Waals surface area contributed by atoms with Gasteiger partial charge in [0.2, 0.25) is 11.7 Å². The highest BCUT2D eigenvalue weighted by molar-refractivity contribution is 6.32. The number of halogens is 1. The van der Waals surface area contributed by atoms with Crippen LogP contribution in [0.3, 0.4) is 0 Å². The highest BCUT2D eigenvalue weighted by Crippen LogP contribution is 2.45. The molecule has 10 heteroatoms. The Morgan fingerprint density at radius 2 is 2.09 bits per heavy atom. The van der Waals surface area contributed by atoms with E-state index in [1.807, 2.05) is 27.0 Å². The van der Waals surface area contributed by atoms with Gasteiger partial charge in [-0.15, -0.1) is 5.10 Å². The van der Waals surface area contributed by atoms with Crippen molar-refractivity contribution >= 4 is 11.6 Å². The normalized spacial score (nSPS) is 17.5. The Morgan fingerprint density at radius 1 is 1.27 bits per heavy atom. The minimum Gasteiger partial charge on any atom is -0.474 e. The van der Waals surface area contributed by atoms with Crippen LogP contribution in [-0.2, 0) is 18.9 Å². The molecular formula is C23H24ClN7O2. The second-order valence-electron chi connectivity index (χ2n) is 8.82. The molecule has 0 unspecified atom stereocenters. The number of ether oxygens (including phenoxy) is 1. The molecule has 1 aliphatic carbocycles. The van der Waals surface area contributed by atoms with E-state index in [9.17, 15) is 0 Å². The molecule has 0 fully saturated rings. The Balaban J connectivity index is 1.48. The topological polar surface area (TPSA) is 105 Å². The van der Waals surface area contributed by atoms with E-state index in [0.29, 0.717) is 28.2 Å². The maximum atomic E-state index is 6.32. The molecule has 0 N–H and O–H groups in total. The molecule has 0 spiro atoms. The molecule has 4 aromatic rings. The summed E-state index contributed by atoms with van der Waals surface area (Å²) >= 11 is 6.32. The summed E-state index contributed by atoms with van der Waals surface area (Å²) in [7, 11) is 1.88. The number of fused-ring (bicyclic) bond motifs is 1. The summed E-state index contributed by atoms with van der Waals surface area (Å²) in [5.74, 6) is 2.12. The van der Waals surface area contributed by atoms with Gasteiger partial charge in [-0.25, -0.2) is 9.67 Å². The van der Waals surface area contributed by atoms with Crippen molar-refractivity contribution < 1.29 is 9.26 Å². The molecule has 3 heterocycles. The number of pyridine rings is 1. The van der Waals surface area contributed by atoms with Crippen LogP contribution in [0.2, 0.25) is 5.02 Å². The van der Waals surface area contributed by atoms with E-state index in [1.54, 1.807) is 16.9 Å². The highest BCUT2D eigenvalue weighted by Gasteiger charge is 2.41. The molecule has 1 aliphatic rings. The van der Waals surface area contributed by atoms with Crippen LogP contribution in [0, 0.1) is 6.92 Å². The molecule has 0 bridgehead atoms. The lowest BCUT2D eigenvalue weighted by molar-refractivity contribution is 0.233. The Labute approximate surface area is 196 Å². The summed E-state index contributed by atoms with van der Waals surface area (Å²) in [4.78, 5) is 8.90. The number of nitrogens with zero attached hydrogens (tertiary/aromatic N) is 7. The first-order valence-corrected chi connectivity index (χ1v) is 11.2. The van der Waals surface area contributed by atoms with E-state index in [0.717, 1.165) is 29.8 Å². The summed E-state index contributed by atoms with van der Waals surface area (Å²) in [5.41, 5.74) is 4.99. The summed E-state index contributed by atoms with van der Waals surface area (Å²) in [6.07, 6.45) is 3.47. The lowest BCUT2D eigenvalue weighted by Gasteiger charge is -2.23. The SMILES string of the molecule is Cc1c(-c2noc(-c3cnc(OC(C)C)c(Cl)c3)n2)ccc2c1CC[C@]2(C)c1nnnn1C. The molecule has 1 atom stereocenters. The zero-order valence-electron chi connectivity index (χ0n) is 19.1. The number of aryl methyl sites for hydroxylation is 1. The van der Waals surface area contributed by atoms with E-state index in [1.165, 1.54) is 11.1 Å². The third kappa shape index (κ3) is 3.56. The number of hydrogen-bond acceptors (Lipinski definition) is 8. The first-order valence-electron chi connectivity index (χ1n) is 10.8. The van der Waals surface area contributed by atoms with E-state index in [4.69, 9.17) is 20.9 Å². The highest BCUT2D eigenvalue weighted by atomic mass is 35.5. The second-order valence-corrected chi connectivity index (χ2v) is 9.23. The zero-order valence-corrected chi connectivity index (χ0v) is 19.9. The van der Waals surface area contributed by atoms with Gasteiger partial charge in [0.25, 0.3) is 5.89 Å². The Morgan fingerprint density at radius 3 is 2.79 bits per heavy atom. The smallest absolute Gasteiger partial charge is 0.259 e. The first-order chi connectivity index (χ1) is 15.8. The standard InChI is InChI=1S/C23H24ClN7O2/c1-12(2)32-21-18(24)10-14(11-25-21)20-26-19(28-33-20)16-6-7-17-15(13(16)3)8-9-23(17,4)22-27-29-30-31(22)5/h6-7,10-12H,8-9H2,1-5H3/t23-/m0/s1. The van der Waals surface area contributed by atoms with Crippen molar-refractivity contribution in [2.45, 2.75) is 52.1 Å². The van der Waals surface area contributed by atoms with Gasteiger partial charge in [-0.05, 0) is 73.7 Å². The van der Waals surface area contributed by atoms with Crippen molar-refractivity contribution in [1.82, 2.24) is 35.3 Å². The molecule has 9 nitrogen and oxygen atoms in total. The quantitative estimate of drug-likeness (QED) is 0.429. The molecule has 0 aliphatic heterocycles. The van der Waals surface area contributed by atoms with Crippen molar-refractivity contribution in [1.29, 1.82) is 0 Å². The van der Waals surface area contributed by atoms with Crippen LogP contribution in [0.25, 0.3) is 22.8 Å². The van der Waals surface area contributed by atoms with Gasteiger partial charge in [0.15, 0.2) is 5.82 Å². The summed E-state index contributed by atoms with van der Waals surface area (Å²) in [5, 5.41) is 16.8. The van der Waals surface area contributed by atoms with Crippen LogP contribution in [0.15, 0.2) is 28.9 Å². The van der Waals surface area contributed by atoms with Gasteiger partial charge < -0.3 is 9.26 Å². The Bertz CT molecular complexity index is 1350. The molecule has 0 saturated carbocycles. The van der Waals surface area contributed by atoms with Crippen LogP contribution in [0.5, 0.6) is 5.88 Å². The maximum Gasteiger partial charge on any atom is 0.259 e. The molecule has 0 amide bonds. The van der Waals surface area contributed by atoms with Crippen LogP contribution in [-0.4, -0.2) is 41.4 Å². The van der Waals surface area contributed by atoms with Crippen LogP contribution >= 0.6 is 11.6 Å². The fraction of sp³-hybridized carbons (Fsp3) is 0.391. The van der Waals surface area contributed by atoms with Gasteiger partial charge in [-0.2, -0.15) is 4.98 Å². The second kappa shape index (κ2) is 7.91. The van der Waals surface area contributed by atoms with Gasteiger partial charge in [-0.3, -0.25) is 0 Å². The maximum absolute atomic E-state index is 6.32. The zero-order chi connectivity index (χ0) is 23.3. The minimum absolute atomic E-state index is 0.0228. The van der Waals surface area contributed by atoms with Crippen molar-refractivity contribution in [3.8, 4) is 28.7 Å². The van der Waals surface area contributed by atoms with Gasteiger partial charge >= 0.3 is 0 Å². The molecule has 5 rings (SSSR count). The third-order valence-corrected chi connectivity index (χ3v) is 6.52. The largest absolute Gasteiger partial charge is 0.474 e. The number of tetrazole rings is 1. The summed E-state index contributed by atoms with van der Waals surface area (Å²) < 4.78 is 12.9. The molecule has 1 aromatic carbocycles. The molecule has 33 heavy (non-hydrogen) atoms. The van der Waals surface area contributed by atoms with Crippen molar-refractivity contribution in [3.63, 3.8) is 0 Å². The van der Waals surface area contributed by atoms with Gasteiger partial charge in [0.05, 0.1) is 17.1 Å². The van der Waals surface area contributed by atoms with Gasteiger partial charge in [-0.1, -0.05) is 28.9 Å². The molecule has 3 aromatic heterocycles. The monoisotopic (exact) mass is 465 g/mol. The Kier molecular flexibility index (Phi) is 5.16. The number of aromatic nitrogens is 7. The van der Waals surface area contributed by atoms with Gasteiger partial charge in [0, 0.05) is 18.8 Å². The van der Waals surface area contributed by atoms with E-state index < -0.39 is 0 Å². The van der Waals surface area contributed by atoms with E-state index in [-0.39, 0.29) is 11.5 Å². The lowest BCUT2D eigenvalue weighted by atomic mass is 9.82. The fourth-order valence-corrected chi connectivity index (χ4v) is 4.79. The van der Waals surface area contributed by atoms with Crippen LogP contribution < -0.4 is 4.74 Å². The van der Waals surface area contributed by atoms with Crippen molar-refractivity contribution in [2.24, 2.45) is 7.05 Å². The average molecular weight is 466 g/mol. The molecule has 0 radical (unpaired) electrons. The van der Waals surface area contributed by atoms with E-state index >= 15 is 0 Å². The number of rotatable bonds is 5. The molecule has 0 saturated heterocycles.